The van der Waals surface area contributed by atoms with Crippen molar-refractivity contribution < 1.29 is 0 Å². The third-order valence-corrected chi connectivity index (χ3v) is 3.84. The van der Waals surface area contributed by atoms with Crippen LogP contribution >= 0.6 is 0 Å². The van der Waals surface area contributed by atoms with E-state index in [-0.39, 0.29) is 0 Å². The molecule has 0 saturated carbocycles. The van der Waals surface area contributed by atoms with Crippen molar-refractivity contribution in [3.05, 3.63) is 66.2 Å². The number of benzene rings is 2. The highest BCUT2D eigenvalue weighted by molar-refractivity contribution is 5.43. The van der Waals surface area contributed by atoms with Crippen LogP contribution in [0.3, 0.4) is 0 Å². The van der Waals surface area contributed by atoms with E-state index in [9.17, 15) is 0 Å². The molecule has 0 spiro atoms. The summed E-state index contributed by atoms with van der Waals surface area (Å²) in [5, 5.41) is 0. The highest BCUT2D eigenvalue weighted by Gasteiger charge is 2.28. The van der Waals surface area contributed by atoms with Gasteiger partial charge in [0.25, 0.3) is 0 Å². The number of para-hydroxylation sites is 1. The van der Waals surface area contributed by atoms with Gasteiger partial charge in [-0.2, -0.15) is 0 Å². The molecule has 0 aliphatic heterocycles. The summed E-state index contributed by atoms with van der Waals surface area (Å²) in [6.07, 6.45) is 0. The Balaban J connectivity index is 2.34. The maximum absolute atomic E-state index is 2.31. The van der Waals surface area contributed by atoms with Crippen LogP contribution in [0.4, 0.5) is 5.69 Å². The summed E-state index contributed by atoms with van der Waals surface area (Å²) in [4.78, 5) is 0. The van der Waals surface area contributed by atoms with E-state index in [2.05, 4.69) is 81.6 Å². The fourth-order valence-corrected chi connectivity index (χ4v) is 2.30. The molecule has 0 aliphatic rings. The van der Waals surface area contributed by atoms with Gasteiger partial charge in [-0.1, -0.05) is 48.5 Å². The second kappa shape index (κ2) is 5.36. The molecule has 94 valence electrons. The van der Waals surface area contributed by atoms with Gasteiger partial charge in [-0.05, 0) is 26.0 Å². The minimum atomic E-state index is 0.549. The molecule has 0 aromatic heterocycles. The van der Waals surface area contributed by atoms with Crippen LogP contribution in [-0.4, -0.2) is 13.1 Å². The lowest BCUT2D eigenvalue weighted by Gasteiger charge is -2.38. The van der Waals surface area contributed by atoms with Crippen LogP contribution in [0.15, 0.2) is 60.7 Å². The van der Waals surface area contributed by atoms with Gasteiger partial charge in [-0.15, -0.1) is 0 Å². The van der Waals surface area contributed by atoms with Crippen molar-refractivity contribution in [2.75, 3.05) is 7.05 Å². The summed E-state index contributed by atoms with van der Waals surface area (Å²) in [6.45, 7) is 5.61. The summed E-state index contributed by atoms with van der Waals surface area (Å²) >= 11 is 0. The number of hydrogen-bond donors (Lipinski definition) is 0. The van der Waals surface area contributed by atoms with Gasteiger partial charge >= 0.3 is 0 Å². The number of quaternary nitrogens is 1. The molecule has 0 N–H and O–H groups in total. The summed E-state index contributed by atoms with van der Waals surface area (Å²) < 4.78 is 0.935. The molecule has 0 heterocycles. The SMILES string of the molecule is CC(C)[N@@+](C)(Cc1ccccc1)c1ccccc1. The van der Waals surface area contributed by atoms with Crippen molar-refractivity contribution >= 4 is 5.69 Å². The molecule has 2 aromatic carbocycles. The lowest BCUT2D eigenvalue weighted by molar-refractivity contribution is 0.263. The van der Waals surface area contributed by atoms with Gasteiger partial charge in [0.2, 0.25) is 0 Å². The summed E-state index contributed by atoms with van der Waals surface area (Å²) in [5.41, 5.74) is 2.76. The van der Waals surface area contributed by atoms with Gasteiger partial charge in [0.1, 0.15) is 12.2 Å². The molecule has 1 nitrogen and oxygen atoms in total. The van der Waals surface area contributed by atoms with Crippen LogP contribution in [0.1, 0.15) is 19.4 Å². The van der Waals surface area contributed by atoms with Gasteiger partial charge in [0, 0.05) is 5.56 Å². The fourth-order valence-electron chi connectivity index (χ4n) is 2.30. The van der Waals surface area contributed by atoms with Gasteiger partial charge in [0.05, 0.1) is 13.1 Å². The molecule has 18 heavy (non-hydrogen) atoms. The minimum absolute atomic E-state index is 0.549. The van der Waals surface area contributed by atoms with Crippen molar-refractivity contribution in [2.45, 2.75) is 26.4 Å². The van der Waals surface area contributed by atoms with E-state index in [1.165, 1.54) is 11.3 Å². The van der Waals surface area contributed by atoms with Gasteiger partial charge in [0.15, 0.2) is 0 Å². The maximum atomic E-state index is 2.31. The van der Waals surface area contributed by atoms with Crippen molar-refractivity contribution in [1.29, 1.82) is 0 Å². The number of hydrogen-bond acceptors (Lipinski definition) is 0. The minimum Gasteiger partial charge on any atom is -0.288 e. The van der Waals surface area contributed by atoms with E-state index in [1.54, 1.807) is 0 Å². The average Bonchev–Trinajstić information content (AvgIpc) is 2.40. The van der Waals surface area contributed by atoms with Gasteiger partial charge < -0.3 is 0 Å². The molecule has 0 radical (unpaired) electrons. The predicted octanol–water partition coefficient (Wildman–Crippen LogP) is 4.23. The van der Waals surface area contributed by atoms with E-state index >= 15 is 0 Å². The summed E-state index contributed by atoms with van der Waals surface area (Å²) in [7, 11) is 2.31. The number of nitrogens with zero attached hydrogens (tertiary/aromatic N) is 1. The third-order valence-electron chi connectivity index (χ3n) is 3.84. The Labute approximate surface area is 110 Å². The van der Waals surface area contributed by atoms with Crippen LogP contribution in [-0.2, 0) is 6.54 Å². The highest BCUT2D eigenvalue weighted by Crippen LogP contribution is 2.26. The van der Waals surface area contributed by atoms with E-state index in [4.69, 9.17) is 0 Å². The average molecular weight is 240 g/mol. The molecule has 2 rings (SSSR count). The first-order valence-corrected chi connectivity index (χ1v) is 6.57. The first kappa shape index (κ1) is 12.8. The van der Waals surface area contributed by atoms with Crippen molar-refractivity contribution in [1.82, 2.24) is 4.48 Å². The second-order valence-corrected chi connectivity index (χ2v) is 5.34. The van der Waals surface area contributed by atoms with Crippen molar-refractivity contribution in [3.63, 3.8) is 0 Å². The Hall–Kier alpha value is -1.60. The standard InChI is InChI=1S/C17H22N/c1-15(2)18(3,17-12-8-5-9-13-17)14-16-10-6-4-7-11-16/h4-13,15H,14H2,1-3H3/q+1/t18-/m1/s1. The molecular weight excluding hydrogens is 218 g/mol. The molecule has 0 unspecified atom stereocenters. The number of rotatable bonds is 4. The van der Waals surface area contributed by atoms with E-state index in [1.807, 2.05) is 0 Å². The molecule has 1 atom stereocenters. The van der Waals surface area contributed by atoms with E-state index < -0.39 is 0 Å². The second-order valence-electron chi connectivity index (χ2n) is 5.34. The first-order valence-electron chi connectivity index (χ1n) is 6.57. The Bertz CT molecular complexity index is 475. The predicted molar refractivity (Wildman–Crippen MR) is 79.4 cm³/mol. The molecule has 0 saturated heterocycles. The van der Waals surface area contributed by atoms with Crippen LogP contribution in [0.25, 0.3) is 0 Å². The van der Waals surface area contributed by atoms with Crippen LogP contribution in [0.2, 0.25) is 0 Å². The smallest absolute Gasteiger partial charge is 0.133 e. The first-order chi connectivity index (χ1) is 8.63. The zero-order chi connectivity index (χ0) is 13.0. The normalized spacial score (nSPS) is 14.4. The molecule has 0 aliphatic carbocycles. The topological polar surface area (TPSA) is 0 Å². The summed E-state index contributed by atoms with van der Waals surface area (Å²) in [5.74, 6) is 0. The van der Waals surface area contributed by atoms with Crippen LogP contribution < -0.4 is 4.48 Å². The van der Waals surface area contributed by atoms with Crippen LogP contribution in [0, 0.1) is 0 Å². The Kier molecular flexibility index (Phi) is 3.83. The monoisotopic (exact) mass is 240 g/mol. The van der Waals surface area contributed by atoms with Gasteiger partial charge in [-0.3, -0.25) is 4.48 Å². The maximum Gasteiger partial charge on any atom is 0.133 e. The Morgan fingerprint density at radius 3 is 1.83 bits per heavy atom. The molecule has 0 fully saturated rings. The largest absolute Gasteiger partial charge is 0.288 e. The van der Waals surface area contributed by atoms with Crippen molar-refractivity contribution in [2.24, 2.45) is 0 Å². The fraction of sp³-hybridized carbons (Fsp3) is 0.294. The zero-order valence-electron chi connectivity index (χ0n) is 11.5. The quantitative estimate of drug-likeness (QED) is 0.701. The van der Waals surface area contributed by atoms with Gasteiger partial charge in [-0.25, -0.2) is 0 Å². The molecule has 1 heteroatoms. The van der Waals surface area contributed by atoms with Crippen molar-refractivity contribution in [3.8, 4) is 0 Å². The highest BCUT2D eigenvalue weighted by atomic mass is 15.4. The molecule has 2 aromatic rings. The third kappa shape index (κ3) is 2.62. The molecule has 0 amide bonds. The van der Waals surface area contributed by atoms with E-state index in [0.717, 1.165) is 11.0 Å². The Morgan fingerprint density at radius 2 is 1.33 bits per heavy atom. The lowest BCUT2D eigenvalue weighted by atomic mass is 10.1. The van der Waals surface area contributed by atoms with E-state index in [0.29, 0.717) is 6.04 Å². The van der Waals surface area contributed by atoms with Crippen LogP contribution in [0.5, 0.6) is 0 Å². The zero-order valence-corrected chi connectivity index (χ0v) is 11.5. The molecular formula is C17H22N+. The Morgan fingerprint density at radius 1 is 0.833 bits per heavy atom. The lowest BCUT2D eigenvalue weighted by Crippen LogP contribution is -2.50. The summed E-state index contributed by atoms with van der Waals surface area (Å²) in [6, 6.07) is 22.1. The molecule has 0 bridgehead atoms.